The Morgan fingerprint density at radius 3 is 2.92 bits per heavy atom. The summed E-state index contributed by atoms with van der Waals surface area (Å²) >= 11 is 0. The van der Waals surface area contributed by atoms with Crippen LogP contribution in [0.1, 0.15) is 12.0 Å². The monoisotopic (exact) mass is 342 g/mol. The van der Waals surface area contributed by atoms with Crippen molar-refractivity contribution in [2.45, 2.75) is 12.8 Å². The summed E-state index contributed by atoms with van der Waals surface area (Å²) in [5.74, 6) is 0.898. The number of carbonyl (C=O) groups is 1. The summed E-state index contributed by atoms with van der Waals surface area (Å²) in [6, 6.07) is 14.2. The van der Waals surface area contributed by atoms with Gasteiger partial charge in [0.2, 0.25) is 5.91 Å². The van der Waals surface area contributed by atoms with E-state index in [0.29, 0.717) is 18.0 Å². The van der Waals surface area contributed by atoms with E-state index in [4.69, 9.17) is 4.74 Å². The second kappa shape index (κ2) is 8.01. The van der Waals surface area contributed by atoms with Crippen LogP contribution in [0.5, 0.6) is 5.75 Å². The Balaban J connectivity index is 1.49. The molecule has 0 bridgehead atoms. The lowest BCUT2D eigenvalue weighted by molar-refractivity contribution is -0.120. The number of hydrogen-bond acceptors (Lipinski definition) is 3. The summed E-state index contributed by atoms with van der Waals surface area (Å²) in [6.45, 7) is 2.48. The van der Waals surface area contributed by atoms with Gasteiger partial charge in [-0.1, -0.05) is 24.3 Å². The molecule has 1 aliphatic heterocycles. The number of hydrogen-bond donors (Lipinski definition) is 1. The van der Waals surface area contributed by atoms with Gasteiger partial charge in [-0.25, -0.2) is 4.39 Å². The van der Waals surface area contributed by atoms with Crippen LogP contribution in [0, 0.1) is 11.7 Å². The van der Waals surface area contributed by atoms with Crippen LogP contribution < -0.4 is 15.0 Å². The van der Waals surface area contributed by atoms with Gasteiger partial charge in [0.05, 0.1) is 19.2 Å². The molecule has 1 saturated heterocycles. The van der Waals surface area contributed by atoms with Gasteiger partial charge in [0.25, 0.3) is 0 Å². The molecule has 1 atom stereocenters. The van der Waals surface area contributed by atoms with E-state index < -0.39 is 0 Å². The minimum absolute atomic E-state index is 0.0682. The van der Waals surface area contributed by atoms with Crippen LogP contribution in [-0.4, -0.2) is 32.7 Å². The quantitative estimate of drug-likeness (QED) is 0.877. The summed E-state index contributed by atoms with van der Waals surface area (Å²) in [5.41, 5.74) is 1.79. The predicted octanol–water partition coefficient (Wildman–Crippen LogP) is 3.02. The number of para-hydroxylation sites is 2. The lowest BCUT2D eigenvalue weighted by atomic mass is 10.1. The van der Waals surface area contributed by atoms with Crippen molar-refractivity contribution in [2.75, 3.05) is 31.6 Å². The predicted molar refractivity (Wildman–Crippen MR) is 96.4 cm³/mol. The van der Waals surface area contributed by atoms with Crippen molar-refractivity contribution < 1.29 is 13.9 Å². The average Bonchev–Trinajstić information content (AvgIpc) is 3.09. The molecule has 0 radical (unpaired) electrons. The highest BCUT2D eigenvalue weighted by Gasteiger charge is 2.24. The molecular weight excluding hydrogens is 319 g/mol. The molecule has 25 heavy (non-hydrogen) atoms. The normalized spacial score (nSPS) is 16.7. The van der Waals surface area contributed by atoms with E-state index in [0.717, 1.165) is 30.9 Å². The number of anilines is 1. The first-order valence-electron chi connectivity index (χ1n) is 8.55. The molecule has 1 amide bonds. The summed E-state index contributed by atoms with van der Waals surface area (Å²) < 4.78 is 18.6. The van der Waals surface area contributed by atoms with E-state index in [9.17, 15) is 9.18 Å². The van der Waals surface area contributed by atoms with Crippen LogP contribution in [0.15, 0.2) is 48.5 Å². The summed E-state index contributed by atoms with van der Waals surface area (Å²) in [7, 11) is 1.68. The molecule has 0 aliphatic carbocycles. The highest BCUT2D eigenvalue weighted by Crippen LogP contribution is 2.31. The SMILES string of the molecule is COc1ccccc1N1CC[C@@H](CNC(=O)Cc2cccc(F)c2)C1. The fourth-order valence-electron chi connectivity index (χ4n) is 3.26. The number of carbonyl (C=O) groups excluding carboxylic acids is 1. The maximum absolute atomic E-state index is 13.2. The van der Waals surface area contributed by atoms with Gasteiger partial charge in [0.15, 0.2) is 0 Å². The highest BCUT2D eigenvalue weighted by molar-refractivity contribution is 5.78. The Kier molecular flexibility index (Phi) is 5.53. The van der Waals surface area contributed by atoms with E-state index in [1.165, 1.54) is 12.1 Å². The standard InChI is InChI=1S/C20H23FN2O2/c1-25-19-8-3-2-7-18(19)23-10-9-16(14-23)13-22-20(24)12-15-5-4-6-17(21)11-15/h2-8,11,16H,9-10,12-14H2,1H3,(H,22,24)/t16-/m0/s1. The minimum Gasteiger partial charge on any atom is -0.495 e. The zero-order valence-electron chi connectivity index (χ0n) is 14.4. The lowest BCUT2D eigenvalue weighted by Crippen LogP contribution is -2.32. The van der Waals surface area contributed by atoms with Gasteiger partial charge >= 0.3 is 0 Å². The van der Waals surface area contributed by atoms with Crippen molar-refractivity contribution in [1.29, 1.82) is 0 Å². The van der Waals surface area contributed by atoms with Gasteiger partial charge < -0.3 is 15.0 Å². The Morgan fingerprint density at radius 1 is 1.28 bits per heavy atom. The first-order chi connectivity index (χ1) is 12.2. The average molecular weight is 342 g/mol. The van der Waals surface area contributed by atoms with Gasteiger partial charge in [0, 0.05) is 19.6 Å². The maximum atomic E-state index is 13.2. The van der Waals surface area contributed by atoms with Crippen molar-refractivity contribution in [2.24, 2.45) is 5.92 Å². The van der Waals surface area contributed by atoms with Crippen molar-refractivity contribution in [3.63, 3.8) is 0 Å². The Labute approximate surface area is 147 Å². The molecule has 5 heteroatoms. The van der Waals surface area contributed by atoms with Crippen molar-refractivity contribution in [3.8, 4) is 5.75 Å². The largest absolute Gasteiger partial charge is 0.495 e. The third kappa shape index (κ3) is 4.50. The maximum Gasteiger partial charge on any atom is 0.224 e. The topological polar surface area (TPSA) is 41.6 Å². The van der Waals surface area contributed by atoms with E-state index in [1.807, 2.05) is 18.2 Å². The van der Waals surface area contributed by atoms with Gasteiger partial charge in [-0.05, 0) is 42.2 Å². The fraction of sp³-hybridized carbons (Fsp3) is 0.350. The molecule has 1 fully saturated rings. The first kappa shape index (κ1) is 17.3. The Hall–Kier alpha value is -2.56. The Morgan fingerprint density at radius 2 is 2.12 bits per heavy atom. The van der Waals surface area contributed by atoms with Crippen molar-refractivity contribution >= 4 is 11.6 Å². The smallest absolute Gasteiger partial charge is 0.224 e. The van der Waals surface area contributed by atoms with E-state index >= 15 is 0 Å². The van der Waals surface area contributed by atoms with E-state index in [2.05, 4.69) is 16.3 Å². The molecule has 2 aromatic rings. The number of nitrogens with zero attached hydrogens (tertiary/aromatic N) is 1. The molecular formula is C20H23FN2O2. The molecule has 1 aliphatic rings. The van der Waals surface area contributed by atoms with Crippen LogP contribution >= 0.6 is 0 Å². The second-order valence-corrected chi connectivity index (χ2v) is 6.38. The molecule has 0 saturated carbocycles. The number of rotatable bonds is 6. The molecule has 132 valence electrons. The molecule has 4 nitrogen and oxygen atoms in total. The van der Waals surface area contributed by atoms with E-state index in [1.54, 1.807) is 19.2 Å². The number of ether oxygens (including phenoxy) is 1. The molecule has 3 rings (SSSR count). The van der Waals surface area contributed by atoms with Crippen LogP contribution in [0.4, 0.5) is 10.1 Å². The second-order valence-electron chi connectivity index (χ2n) is 6.38. The van der Waals surface area contributed by atoms with Crippen LogP contribution in [0.3, 0.4) is 0 Å². The van der Waals surface area contributed by atoms with Crippen LogP contribution in [0.25, 0.3) is 0 Å². The molecule has 1 N–H and O–H groups in total. The number of benzene rings is 2. The zero-order chi connectivity index (χ0) is 17.6. The lowest BCUT2D eigenvalue weighted by Gasteiger charge is -2.21. The van der Waals surface area contributed by atoms with Crippen LogP contribution in [0.2, 0.25) is 0 Å². The third-order valence-electron chi connectivity index (χ3n) is 4.55. The molecule has 0 unspecified atom stereocenters. The van der Waals surface area contributed by atoms with Crippen molar-refractivity contribution in [1.82, 2.24) is 5.32 Å². The first-order valence-corrected chi connectivity index (χ1v) is 8.55. The van der Waals surface area contributed by atoms with Crippen molar-refractivity contribution in [3.05, 3.63) is 59.9 Å². The fourth-order valence-corrected chi connectivity index (χ4v) is 3.26. The minimum atomic E-state index is -0.312. The van der Waals surface area contributed by atoms with Crippen LogP contribution in [-0.2, 0) is 11.2 Å². The molecule has 1 heterocycles. The highest BCUT2D eigenvalue weighted by atomic mass is 19.1. The Bertz CT molecular complexity index is 735. The summed E-state index contributed by atoms with van der Waals surface area (Å²) in [5, 5.41) is 2.97. The van der Waals surface area contributed by atoms with E-state index in [-0.39, 0.29) is 18.1 Å². The summed E-state index contributed by atoms with van der Waals surface area (Å²) in [4.78, 5) is 14.4. The number of nitrogens with one attached hydrogen (secondary N) is 1. The van der Waals surface area contributed by atoms with Gasteiger partial charge in [-0.15, -0.1) is 0 Å². The molecule has 0 spiro atoms. The zero-order valence-corrected chi connectivity index (χ0v) is 14.4. The molecule has 2 aromatic carbocycles. The molecule has 0 aromatic heterocycles. The number of halogens is 1. The van der Waals surface area contributed by atoms with Gasteiger partial charge in [-0.2, -0.15) is 0 Å². The number of amides is 1. The van der Waals surface area contributed by atoms with Gasteiger partial charge in [0.1, 0.15) is 11.6 Å². The van der Waals surface area contributed by atoms with Gasteiger partial charge in [-0.3, -0.25) is 4.79 Å². The third-order valence-corrected chi connectivity index (χ3v) is 4.55. The summed E-state index contributed by atoms with van der Waals surface area (Å²) in [6.07, 6.45) is 1.24. The number of methoxy groups -OCH3 is 1.